The summed E-state index contributed by atoms with van der Waals surface area (Å²) in [5.74, 6) is -0.782. The summed E-state index contributed by atoms with van der Waals surface area (Å²) in [6, 6.07) is 22.8. The van der Waals surface area contributed by atoms with Crippen molar-refractivity contribution in [2.75, 3.05) is 10.6 Å². The van der Waals surface area contributed by atoms with Crippen LogP contribution in [0.2, 0.25) is 10.0 Å². The molecule has 150 valence electrons. The van der Waals surface area contributed by atoms with Crippen molar-refractivity contribution in [2.24, 2.45) is 0 Å². The quantitative estimate of drug-likeness (QED) is 0.411. The molecule has 0 aliphatic carbocycles. The number of nitrogens with one attached hydrogen (secondary N) is 2. The standard InChI is InChI=1S/C24H20Cl2N4/c1-15-11-20(25)7-9-22(15)29-24(30-23-10-8-21(26)12-16(23)2)18-5-3-17(4-6-18)19(13-27)14-28/h3-12,19,24,29-30H,1-2H3. The lowest BCUT2D eigenvalue weighted by atomic mass is 9.99. The highest BCUT2D eigenvalue weighted by molar-refractivity contribution is 6.31. The molecular formula is C24H20Cl2N4. The predicted octanol–water partition coefficient (Wildman–Crippen LogP) is 6.96. The van der Waals surface area contributed by atoms with E-state index in [4.69, 9.17) is 33.7 Å². The van der Waals surface area contributed by atoms with Gasteiger partial charge in [0.25, 0.3) is 0 Å². The molecule has 0 saturated carbocycles. The average Bonchev–Trinajstić information content (AvgIpc) is 2.72. The minimum Gasteiger partial charge on any atom is -0.361 e. The molecule has 0 fully saturated rings. The molecule has 0 aliphatic heterocycles. The van der Waals surface area contributed by atoms with Crippen LogP contribution in [-0.2, 0) is 0 Å². The van der Waals surface area contributed by atoms with E-state index in [1.165, 1.54) is 0 Å². The van der Waals surface area contributed by atoms with Crippen molar-refractivity contribution in [3.8, 4) is 12.1 Å². The van der Waals surface area contributed by atoms with Gasteiger partial charge in [0, 0.05) is 21.4 Å². The molecule has 0 atom stereocenters. The van der Waals surface area contributed by atoms with Crippen LogP contribution < -0.4 is 10.6 Å². The second kappa shape index (κ2) is 9.55. The normalized spacial score (nSPS) is 10.5. The van der Waals surface area contributed by atoms with Crippen molar-refractivity contribution in [2.45, 2.75) is 25.9 Å². The molecule has 0 radical (unpaired) electrons. The lowest BCUT2D eigenvalue weighted by Gasteiger charge is -2.25. The fourth-order valence-corrected chi connectivity index (χ4v) is 3.60. The largest absolute Gasteiger partial charge is 0.361 e. The second-order valence-electron chi connectivity index (χ2n) is 7.00. The van der Waals surface area contributed by atoms with Crippen LogP contribution in [-0.4, -0.2) is 0 Å². The number of halogens is 2. The number of benzene rings is 3. The van der Waals surface area contributed by atoms with E-state index >= 15 is 0 Å². The predicted molar refractivity (Wildman–Crippen MR) is 123 cm³/mol. The van der Waals surface area contributed by atoms with Crippen LogP contribution >= 0.6 is 23.2 Å². The highest BCUT2D eigenvalue weighted by atomic mass is 35.5. The Morgan fingerprint density at radius 3 is 1.53 bits per heavy atom. The third kappa shape index (κ3) is 5.05. The Bertz CT molecular complexity index is 1060. The van der Waals surface area contributed by atoms with Gasteiger partial charge in [0.05, 0.1) is 12.1 Å². The van der Waals surface area contributed by atoms with Crippen LogP contribution in [0.5, 0.6) is 0 Å². The zero-order valence-electron chi connectivity index (χ0n) is 16.6. The molecule has 0 aromatic heterocycles. The highest BCUT2D eigenvalue weighted by Crippen LogP contribution is 2.29. The molecule has 0 spiro atoms. The Morgan fingerprint density at radius 2 is 1.13 bits per heavy atom. The van der Waals surface area contributed by atoms with Crippen molar-refractivity contribution in [3.05, 3.63) is 93.0 Å². The molecule has 3 rings (SSSR count). The minimum absolute atomic E-state index is 0.263. The zero-order valence-corrected chi connectivity index (χ0v) is 18.1. The molecule has 6 heteroatoms. The number of nitriles is 2. The monoisotopic (exact) mass is 434 g/mol. The number of nitrogens with zero attached hydrogens (tertiary/aromatic N) is 2. The van der Waals surface area contributed by atoms with Gasteiger partial charge in [-0.05, 0) is 72.5 Å². The van der Waals surface area contributed by atoms with Crippen molar-refractivity contribution in [1.82, 2.24) is 0 Å². The highest BCUT2D eigenvalue weighted by Gasteiger charge is 2.16. The van der Waals surface area contributed by atoms with Crippen LogP contribution in [0.25, 0.3) is 0 Å². The van der Waals surface area contributed by atoms with Crippen molar-refractivity contribution >= 4 is 34.6 Å². The zero-order chi connectivity index (χ0) is 21.7. The van der Waals surface area contributed by atoms with Gasteiger partial charge in [-0.15, -0.1) is 0 Å². The Morgan fingerprint density at radius 1 is 0.700 bits per heavy atom. The lowest BCUT2D eigenvalue weighted by Crippen LogP contribution is -2.21. The smallest absolute Gasteiger partial charge is 0.158 e. The Hall–Kier alpha value is -3.18. The average molecular weight is 435 g/mol. The molecule has 0 heterocycles. The molecule has 30 heavy (non-hydrogen) atoms. The van der Waals surface area contributed by atoms with Gasteiger partial charge in [0.2, 0.25) is 0 Å². The summed E-state index contributed by atoms with van der Waals surface area (Å²) in [5.41, 5.74) is 5.56. The van der Waals surface area contributed by atoms with Gasteiger partial charge in [0.1, 0.15) is 6.17 Å². The molecule has 0 unspecified atom stereocenters. The maximum absolute atomic E-state index is 9.13. The molecule has 3 aromatic carbocycles. The first-order valence-electron chi connectivity index (χ1n) is 9.35. The second-order valence-corrected chi connectivity index (χ2v) is 7.87. The number of rotatable bonds is 6. The molecule has 0 aliphatic rings. The lowest BCUT2D eigenvalue weighted by molar-refractivity contribution is 0.895. The van der Waals surface area contributed by atoms with Gasteiger partial charge in [-0.25, -0.2) is 0 Å². The van der Waals surface area contributed by atoms with E-state index in [0.717, 1.165) is 28.1 Å². The van der Waals surface area contributed by atoms with E-state index in [1.54, 1.807) is 0 Å². The van der Waals surface area contributed by atoms with Crippen molar-refractivity contribution < 1.29 is 0 Å². The Kier molecular flexibility index (Phi) is 6.85. The summed E-state index contributed by atoms with van der Waals surface area (Å²) in [7, 11) is 0. The molecule has 4 nitrogen and oxygen atoms in total. The van der Waals surface area contributed by atoms with E-state index in [9.17, 15) is 0 Å². The van der Waals surface area contributed by atoms with Gasteiger partial charge in [-0.2, -0.15) is 10.5 Å². The maximum Gasteiger partial charge on any atom is 0.158 e. The third-order valence-corrected chi connectivity index (χ3v) is 5.31. The topological polar surface area (TPSA) is 71.6 Å². The summed E-state index contributed by atoms with van der Waals surface area (Å²) in [4.78, 5) is 0. The van der Waals surface area contributed by atoms with Crippen LogP contribution in [0.4, 0.5) is 11.4 Å². The van der Waals surface area contributed by atoms with Gasteiger partial charge in [-0.3, -0.25) is 0 Å². The summed E-state index contributed by atoms with van der Waals surface area (Å²) in [6.07, 6.45) is -0.263. The van der Waals surface area contributed by atoms with Gasteiger partial charge >= 0.3 is 0 Å². The van der Waals surface area contributed by atoms with E-state index in [1.807, 2.05) is 86.6 Å². The summed E-state index contributed by atoms with van der Waals surface area (Å²) in [6.45, 7) is 3.98. The summed E-state index contributed by atoms with van der Waals surface area (Å²) in [5, 5.41) is 26.7. The molecule has 0 amide bonds. The molecule has 3 aromatic rings. The number of aryl methyl sites for hydroxylation is 2. The van der Waals surface area contributed by atoms with E-state index in [2.05, 4.69) is 10.6 Å². The number of hydrogen-bond acceptors (Lipinski definition) is 4. The van der Waals surface area contributed by atoms with Crippen LogP contribution in [0.1, 0.15) is 34.3 Å². The van der Waals surface area contributed by atoms with Crippen LogP contribution in [0.3, 0.4) is 0 Å². The van der Waals surface area contributed by atoms with E-state index < -0.39 is 5.92 Å². The molecule has 0 bridgehead atoms. The fraction of sp³-hybridized carbons (Fsp3) is 0.167. The number of hydrogen-bond donors (Lipinski definition) is 2. The van der Waals surface area contributed by atoms with Crippen LogP contribution in [0.15, 0.2) is 60.7 Å². The van der Waals surface area contributed by atoms with E-state index in [-0.39, 0.29) is 6.17 Å². The van der Waals surface area contributed by atoms with Gasteiger partial charge in [0.15, 0.2) is 5.92 Å². The summed E-state index contributed by atoms with van der Waals surface area (Å²) < 4.78 is 0. The minimum atomic E-state index is -0.782. The van der Waals surface area contributed by atoms with Gasteiger partial charge < -0.3 is 10.6 Å². The maximum atomic E-state index is 9.13. The SMILES string of the molecule is Cc1cc(Cl)ccc1NC(Nc1ccc(Cl)cc1C)c1ccc(C(C#N)C#N)cc1. The molecule has 2 N–H and O–H groups in total. The molecule has 0 saturated heterocycles. The summed E-state index contributed by atoms with van der Waals surface area (Å²) >= 11 is 12.2. The first-order chi connectivity index (χ1) is 14.4. The first-order valence-corrected chi connectivity index (χ1v) is 10.1. The van der Waals surface area contributed by atoms with Crippen molar-refractivity contribution in [3.63, 3.8) is 0 Å². The first kappa shape index (κ1) is 21.5. The Labute approximate surface area is 186 Å². The fourth-order valence-electron chi connectivity index (χ4n) is 3.15. The third-order valence-electron chi connectivity index (χ3n) is 4.84. The van der Waals surface area contributed by atoms with Crippen LogP contribution in [0, 0.1) is 36.5 Å². The van der Waals surface area contributed by atoms with Gasteiger partial charge in [-0.1, -0.05) is 47.5 Å². The molecular weight excluding hydrogens is 415 g/mol. The van der Waals surface area contributed by atoms with Crippen molar-refractivity contribution in [1.29, 1.82) is 10.5 Å². The number of anilines is 2. The van der Waals surface area contributed by atoms with E-state index in [0.29, 0.717) is 15.6 Å². The Balaban J connectivity index is 1.96.